The Balaban J connectivity index is 1.30. The van der Waals surface area contributed by atoms with Crippen LogP contribution < -0.4 is 9.47 Å². The van der Waals surface area contributed by atoms with Crippen LogP contribution in [0.5, 0.6) is 11.5 Å². The van der Waals surface area contributed by atoms with Gasteiger partial charge in [0.2, 0.25) is 0 Å². The van der Waals surface area contributed by atoms with Crippen LogP contribution in [0.3, 0.4) is 0 Å². The van der Waals surface area contributed by atoms with E-state index in [0.717, 1.165) is 43.1 Å². The highest BCUT2D eigenvalue weighted by molar-refractivity contribution is 5.68. The van der Waals surface area contributed by atoms with E-state index < -0.39 is 5.97 Å². The fourth-order valence-electron chi connectivity index (χ4n) is 4.10. The molecule has 0 radical (unpaired) electrons. The Morgan fingerprint density at radius 1 is 0.969 bits per heavy atom. The van der Waals surface area contributed by atoms with Crippen LogP contribution in [-0.2, 0) is 17.9 Å². The highest BCUT2D eigenvalue weighted by Crippen LogP contribution is 2.38. The number of benzene rings is 3. The Bertz CT molecular complexity index is 965. The fourth-order valence-corrected chi connectivity index (χ4v) is 4.10. The molecule has 3 aromatic rings. The standard InChI is InChI=1S/C27H29NO4/c29-27(30)16-23-20-32-26-17-24(12-13-25(23)26)31-15-7-14-28(18-21-8-3-1-4-9-21)19-22-10-5-2-6-11-22/h1-6,8-13,17,23H,7,14-16,18-20H2,(H,29,30). The van der Waals surface area contributed by atoms with Crippen molar-refractivity contribution in [1.29, 1.82) is 0 Å². The van der Waals surface area contributed by atoms with Gasteiger partial charge in [0.1, 0.15) is 11.5 Å². The smallest absolute Gasteiger partial charge is 0.304 e. The van der Waals surface area contributed by atoms with Gasteiger partial charge in [0, 0.05) is 37.2 Å². The molecule has 0 bridgehead atoms. The monoisotopic (exact) mass is 431 g/mol. The Morgan fingerprint density at radius 2 is 1.62 bits per heavy atom. The van der Waals surface area contributed by atoms with Crippen LogP contribution in [0.1, 0.15) is 35.4 Å². The van der Waals surface area contributed by atoms with Crippen molar-refractivity contribution in [3.8, 4) is 11.5 Å². The molecule has 1 unspecified atom stereocenters. The van der Waals surface area contributed by atoms with E-state index in [4.69, 9.17) is 14.6 Å². The number of carbonyl (C=O) groups is 1. The quantitative estimate of drug-likeness (QED) is 0.428. The minimum absolute atomic E-state index is 0.0823. The molecule has 0 saturated carbocycles. The van der Waals surface area contributed by atoms with Crippen LogP contribution in [0, 0.1) is 0 Å². The van der Waals surface area contributed by atoms with E-state index in [1.807, 2.05) is 30.3 Å². The molecule has 32 heavy (non-hydrogen) atoms. The highest BCUT2D eigenvalue weighted by Gasteiger charge is 2.26. The summed E-state index contributed by atoms with van der Waals surface area (Å²) in [7, 11) is 0. The van der Waals surface area contributed by atoms with Crippen molar-refractivity contribution in [3.63, 3.8) is 0 Å². The van der Waals surface area contributed by atoms with Crippen molar-refractivity contribution >= 4 is 5.97 Å². The molecule has 166 valence electrons. The van der Waals surface area contributed by atoms with Crippen molar-refractivity contribution < 1.29 is 19.4 Å². The summed E-state index contributed by atoms with van der Waals surface area (Å²) in [5.41, 5.74) is 3.56. The van der Waals surface area contributed by atoms with E-state index in [-0.39, 0.29) is 12.3 Å². The van der Waals surface area contributed by atoms with Gasteiger partial charge in [-0.3, -0.25) is 9.69 Å². The molecular weight excluding hydrogens is 402 g/mol. The summed E-state index contributed by atoms with van der Waals surface area (Å²) < 4.78 is 11.7. The Hall–Kier alpha value is -3.31. The van der Waals surface area contributed by atoms with Crippen LogP contribution >= 0.6 is 0 Å². The van der Waals surface area contributed by atoms with E-state index in [1.165, 1.54) is 11.1 Å². The summed E-state index contributed by atoms with van der Waals surface area (Å²) in [5, 5.41) is 9.04. The molecule has 0 fully saturated rings. The summed E-state index contributed by atoms with van der Waals surface area (Å²) in [5.74, 6) is 0.615. The zero-order valence-corrected chi connectivity index (χ0v) is 18.2. The second kappa shape index (κ2) is 10.8. The van der Waals surface area contributed by atoms with Gasteiger partial charge in [0.05, 0.1) is 19.6 Å². The molecule has 1 N–H and O–H groups in total. The Morgan fingerprint density at radius 3 is 2.25 bits per heavy atom. The van der Waals surface area contributed by atoms with Crippen molar-refractivity contribution in [2.45, 2.75) is 31.8 Å². The van der Waals surface area contributed by atoms with Gasteiger partial charge in [0.25, 0.3) is 0 Å². The molecule has 0 spiro atoms. The van der Waals surface area contributed by atoms with Crippen LogP contribution in [0.25, 0.3) is 0 Å². The first-order valence-corrected chi connectivity index (χ1v) is 11.1. The molecule has 5 nitrogen and oxygen atoms in total. The van der Waals surface area contributed by atoms with Gasteiger partial charge >= 0.3 is 5.97 Å². The lowest BCUT2D eigenvalue weighted by molar-refractivity contribution is -0.137. The minimum Gasteiger partial charge on any atom is -0.493 e. The zero-order chi connectivity index (χ0) is 22.2. The molecule has 0 aliphatic carbocycles. The molecule has 4 rings (SSSR count). The molecule has 0 amide bonds. The average Bonchev–Trinajstić information content (AvgIpc) is 3.19. The second-order valence-electron chi connectivity index (χ2n) is 8.19. The van der Waals surface area contributed by atoms with Gasteiger partial charge in [-0.1, -0.05) is 66.7 Å². The number of nitrogens with zero attached hydrogens (tertiary/aromatic N) is 1. The second-order valence-corrected chi connectivity index (χ2v) is 8.19. The number of fused-ring (bicyclic) bond motifs is 1. The number of hydrogen-bond donors (Lipinski definition) is 1. The Labute approximate surface area is 189 Å². The first-order valence-electron chi connectivity index (χ1n) is 11.1. The van der Waals surface area contributed by atoms with Crippen LogP contribution in [0.15, 0.2) is 78.9 Å². The van der Waals surface area contributed by atoms with Gasteiger partial charge in [-0.2, -0.15) is 0 Å². The largest absolute Gasteiger partial charge is 0.493 e. The third-order valence-corrected chi connectivity index (χ3v) is 5.67. The third kappa shape index (κ3) is 6.11. The summed E-state index contributed by atoms with van der Waals surface area (Å²) in [6.45, 7) is 3.74. The first-order chi connectivity index (χ1) is 15.7. The number of hydrogen-bond acceptors (Lipinski definition) is 4. The van der Waals surface area contributed by atoms with E-state index in [9.17, 15) is 4.79 Å². The topological polar surface area (TPSA) is 59.0 Å². The van der Waals surface area contributed by atoms with Gasteiger partial charge in [0.15, 0.2) is 0 Å². The maximum atomic E-state index is 11.0. The van der Waals surface area contributed by atoms with Crippen molar-refractivity contribution in [3.05, 3.63) is 95.6 Å². The predicted molar refractivity (Wildman–Crippen MR) is 124 cm³/mol. The zero-order valence-electron chi connectivity index (χ0n) is 18.2. The van der Waals surface area contributed by atoms with Crippen LogP contribution in [0.4, 0.5) is 0 Å². The van der Waals surface area contributed by atoms with Crippen molar-refractivity contribution in [2.75, 3.05) is 19.8 Å². The molecular formula is C27H29NO4. The summed E-state index contributed by atoms with van der Waals surface area (Å²) in [6, 6.07) is 26.8. The number of carboxylic acid groups (broad SMARTS) is 1. The molecule has 5 heteroatoms. The maximum absolute atomic E-state index is 11.0. The van der Waals surface area contributed by atoms with Gasteiger partial charge < -0.3 is 14.6 Å². The van der Waals surface area contributed by atoms with Gasteiger partial charge in [-0.05, 0) is 23.6 Å². The van der Waals surface area contributed by atoms with Crippen LogP contribution in [0.2, 0.25) is 0 Å². The highest BCUT2D eigenvalue weighted by atomic mass is 16.5. The molecule has 1 atom stereocenters. The minimum atomic E-state index is -0.803. The molecule has 1 aliphatic heterocycles. The summed E-state index contributed by atoms with van der Waals surface area (Å²) in [6.07, 6.45) is 0.991. The SMILES string of the molecule is O=C(O)CC1COc2cc(OCCCN(Cc3ccccc3)Cc3ccccc3)ccc21. The van der Waals surface area contributed by atoms with Gasteiger partial charge in [-0.25, -0.2) is 0 Å². The molecule has 0 saturated heterocycles. The fraction of sp³-hybridized carbons (Fsp3) is 0.296. The lowest BCUT2D eigenvalue weighted by atomic mass is 9.98. The maximum Gasteiger partial charge on any atom is 0.304 e. The summed E-state index contributed by atoms with van der Waals surface area (Å²) >= 11 is 0. The van der Waals surface area contributed by atoms with E-state index in [0.29, 0.717) is 13.2 Å². The number of ether oxygens (including phenoxy) is 2. The lowest BCUT2D eigenvalue weighted by Crippen LogP contribution is -2.25. The molecule has 1 heterocycles. The summed E-state index contributed by atoms with van der Waals surface area (Å²) in [4.78, 5) is 13.4. The molecule has 3 aromatic carbocycles. The third-order valence-electron chi connectivity index (χ3n) is 5.67. The number of rotatable bonds is 11. The lowest BCUT2D eigenvalue weighted by Gasteiger charge is -2.23. The number of aliphatic carboxylic acids is 1. The Kier molecular flexibility index (Phi) is 7.41. The predicted octanol–water partition coefficient (Wildman–Crippen LogP) is 5.11. The van der Waals surface area contributed by atoms with Gasteiger partial charge in [-0.15, -0.1) is 0 Å². The molecule has 1 aliphatic rings. The van der Waals surface area contributed by atoms with E-state index in [2.05, 4.69) is 53.4 Å². The van der Waals surface area contributed by atoms with E-state index >= 15 is 0 Å². The van der Waals surface area contributed by atoms with Crippen molar-refractivity contribution in [1.82, 2.24) is 4.90 Å². The average molecular weight is 432 g/mol. The van der Waals surface area contributed by atoms with Crippen LogP contribution in [-0.4, -0.2) is 35.7 Å². The normalized spacial score (nSPS) is 14.7. The number of carboxylic acids is 1. The molecule has 0 aromatic heterocycles. The van der Waals surface area contributed by atoms with E-state index in [1.54, 1.807) is 0 Å². The first kappa shape index (κ1) is 21.9. The van der Waals surface area contributed by atoms with Crippen molar-refractivity contribution in [2.24, 2.45) is 0 Å².